The van der Waals surface area contributed by atoms with E-state index in [9.17, 15) is 0 Å². The Morgan fingerprint density at radius 3 is 2.59 bits per heavy atom. The summed E-state index contributed by atoms with van der Waals surface area (Å²) in [6.07, 6.45) is 5.18. The van der Waals surface area contributed by atoms with Gasteiger partial charge in [-0.2, -0.15) is 0 Å². The van der Waals surface area contributed by atoms with Crippen molar-refractivity contribution in [2.45, 2.75) is 58.5 Å². The third-order valence-corrected chi connectivity index (χ3v) is 3.77. The van der Waals surface area contributed by atoms with Gasteiger partial charge in [0.15, 0.2) is 0 Å². The van der Waals surface area contributed by atoms with E-state index in [1.165, 1.54) is 32.4 Å². The van der Waals surface area contributed by atoms with Crippen LogP contribution >= 0.6 is 0 Å². The molecular weight excluding hydrogens is 212 g/mol. The molecule has 0 aromatic carbocycles. The maximum atomic E-state index is 5.79. The van der Waals surface area contributed by atoms with Crippen LogP contribution in [0.25, 0.3) is 0 Å². The molecular formula is C14H26N2O. The van der Waals surface area contributed by atoms with E-state index < -0.39 is 0 Å². The van der Waals surface area contributed by atoms with E-state index in [-0.39, 0.29) is 0 Å². The Morgan fingerprint density at radius 1 is 1.24 bits per heavy atom. The van der Waals surface area contributed by atoms with Gasteiger partial charge in [0, 0.05) is 0 Å². The van der Waals surface area contributed by atoms with E-state index in [2.05, 4.69) is 25.7 Å². The topological polar surface area (TPSA) is 24.8 Å². The number of ether oxygens (including phenoxy) is 1. The Labute approximate surface area is 105 Å². The molecule has 1 saturated heterocycles. The van der Waals surface area contributed by atoms with Gasteiger partial charge in [0.25, 0.3) is 0 Å². The highest BCUT2D eigenvalue weighted by Gasteiger charge is 2.28. The second-order valence-electron chi connectivity index (χ2n) is 5.83. The van der Waals surface area contributed by atoms with Gasteiger partial charge < -0.3 is 4.74 Å². The summed E-state index contributed by atoms with van der Waals surface area (Å²) in [5.74, 6) is 1.69. The highest BCUT2D eigenvalue weighted by atomic mass is 16.5. The lowest BCUT2D eigenvalue weighted by Crippen LogP contribution is -2.42. The molecule has 2 rings (SSSR count). The summed E-state index contributed by atoms with van der Waals surface area (Å²) in [7, 11) is 0. The Hall–Kier alpha value is -0.570. The van der Waals surface area contributed by atoms with E-state index in [4.69, 9.17) is 9.73 Å². The summed E-state index contributed by atoms with van der Waals surface area (Å²) in [5, 5.41) is 0. The zero-order valence-corrected chi connectivity index (χ0v) is 11.5. The number of likely N-dealkylation sites (tertiary alicyclic amines) is 1. The molecule has 3 heteroatoms. The van der Waals surface area contributed by atoms with Gasteiger partial charge in [0.1, 0.15) is 6.61 Å². The summed E-state index contributed by atoms with van der Waals surface area (Å²) in [5.41, 5.74) is 0. The van der Waals surface area contributed by atoms with Crippen molar-refractivity contribution in [2.24, 2.45) is 10.9 Å². The molecule has 0 N–H and O–H groups in total. The van der Waals surface area contributed by atoms with Crippen LogP contribution in [0.2, 0.25) is 0 Å². The molecule has 2 heterocycles. The molecule has 0 spiro atoms. The number of piperidine rings is 1. The van der Waals surface area contributed by atoms with Crippen LogP contribution in [0.15, 0.2) is 4.99 Å². The summed E-state index contributed by atoms with van der Waals surface area (Å²) in [6, 6.07) is 0.782. The van der Waals surface area contributed by atoms with Crippen LogP contribution in [0.1, 0.15) is 46.5 Å². The molecule has 0 bridgehead atoms. The highest BCUT2D eigenvalue weighted by molar-refractivity contribution is 5.82. The average Bonchev–Trinajstić information content (AvgIpc) is 2.77. The first-order valence-corrected chi connectivity index (χ1v) is 7.11. The van der Waals surface area contributed by atoms with Gasteiger partial charge in [-0.25, -0.2) is 4.99 Å². The number of hydrogen-bond acceptors (Lipinski definition) is 3. The fraction of sp³-hybridized carbons (Fsp3) is 0.929. The van der Waals surface area contributed by atoms with Gasteiger partial charge in [0.2, 0.25) is 5.90 Å². The molecule has 98 valence electrons. The number of hydrogen-bond donors (Lipinski definition) is 0. The maximum Gasteiger partial charge on any atom is 0.201 e. The lowest BCUT2D eigenvalue weighted by Gasteiger charge is -2.31. The molecule has 2 atom stereocenters. The number of aliphatic imine (C=N–C) groups is 1. The minimum absolute atomic E-state index is 0.382. The zero-order chi connectivity index (χ0) is 12.3. The van der Waals surface area contributed by atoms with Crippen molar-refractivity contribution in [2.75, 3.05) is 19.7 Å². The van der Waals surface area contributed by atoms with Crippen molar-refractivity contribution in [3.63, 3.8) is 0 Å². The van der Waals surface area contributed by atoms with E-state index in [0.29, 0.717) is 18.0 Å². The largest absolute Gasteiger partial charge is 0.478 e. The molecule has 0 radical (unpaired) electrons. The van der Waals surface area contributed by atoms with E-state index in [1.54, 1.807) is 0 Å². The van der Waals surface area contributed by atoms with Gasteiger partial charge in [-0.3, -0.25) is 4.90 Å². The summed E-state index contributed by atoms with van der Waals surface area (Å²) in [4.78, 5) is 7.27. The molecule has 2 aliphatic rings. The monoisotopic (exact) mass is 238 g/mol. The first kappa shape index (κ1) is 12.9. The summed E-state index contributed by atoms with van der Waals surface area (Å²) < 4.78 is 5.79. The molecule has 1 fully saturated rings. The zero-order valence-electron chi connectivity index (χ0n) is 11.5. The van der Waals surface area contributed by atoms with Gasteiger partial charge in [-0.1, -0.05) is 20.3 Å². The first-order chi connectivity index (χ1) is 8.16. The first-order valence-electron chi connectivity index (χ1n) is 7.11. The second-order valence-corrected chi connectivity index (χ2v) is 5.83. The molecule has 2 aliphatic heterocycles. The third-order valence-electron chi connectivity index (χ3n) is 3.77. The molecule has 0 aromatic heterocycles. The minimum Gasteiger partial charge on any atom is -0.478 e. The average molecular weight is 238 g/mol. The van der Waals surface area contributed by atoms with Gasteiger partial charge in [-0.15, -0.1) is 0 Å². The van der Waals surface area contributed by atoms with Crippen LogP contribution in [0, 0.1) is 5.92 Å². The smallest absolute Gasteiger partial charge is 0.201 e. The lowest BCUT2D eigenvalue weighted by molar-refractivity contribution is 0.186. The minimum atomic E-state index is 0.382. The standard InChI is InChI=1S/C14H26N2O/c1-11(2)9-13-10-17-14(15-13)12(3)16-7-5-4-6-8-16/h11-13H,4-10H2,1-3H3/t12?,13-/m1/s1. The van der Waals surface area contributed by atoms with Crippen LogP contribution in [-0.4, -0.2) is 42.6 Å². The predicted octanol–water partition coefficient (Wildman–Crippen LogP) is 2.70. The SMILES string of the molecule is CC(C)C[C@@H]1COC(C(C)N2CCCCC2)=N1. The van der Waals surface area contributed by atoms with Crippen LogP contribution in [-0.2, 0) is 4.74 Å². The van der Waals surface area contributed by atoms with Crippen molar-refractivity contribution >= 4 is 5.90 Å². The fourth-order valence-corrected chi connectivity index (χ4v) is 2.79. The molecule has 0 amide bonds. The van der Waals surface area contributed by atoms with Gasteiger partial charge in [-0.05, 0) is 45.2 Å². The molecule has 0 aliphatic carbocycles. The van der Waals surface area contributed by atoms with Crippen LogP contribution < -0.4 is 0 Å². The Kier molecular flexibility index (Phi) is 4.43. The third kappa shape index (κ3) is 3.44. The van der Waals surface area contributed by atoms with Crippen molar-refractivity contribution in [1.82, 2.24) is 4.90 Å². The maximum absolute atomic E-state index is 5.79. The Morgan fingerprint density at radius 2 is 1.94 bits per heavy atom. The van der Waals surface area contributed by atoms with Crippen LogP contribution in [0.4, 0.5) is 0 Å². The predicted molar refractivity (Wildman–Crippen MR) is 71.5 cm³/mol. The van der Waals surface area contributed by atoms with E-state index in [0.717, 1.165) is 18.9 Å². The molecule has 1 unspecified atom stereocenters. The van der Waals surface area contributed by atoms with Crippen molar-refractivity contribution in [3.05, 3.63) is 0 Å². The van der Waals surface area contributed by atoms with Crippen molar-refractivity contribution < 1.29 is 4.74 Å². The van der Waals surface area contributed by atoms with Crippen LogP contribution in [0.5, 0.6) is 0 Å². The van der Waals surface area contributed by atoms with Gasteiger partial charge >= 0.3 is 0 Å². The lowest BCUT2D eigenvalue weighted by atomic mass is 10.1. The highest BCUT2D eigenvalue weighted by Crippen LogP contribution is 2.19. The molecule has 0 saturated carbocycles. The number of nitrogens with zero attached hydrogens (tertiary/aromatic N) is 2. The summed E-state index contributed by atoms with van der Waals surface area (Å²) in [6.45, 7) is 9.95. The molecule has 0 aromatic rings. The van der Waals surface area contributed by atoms with Gasteiger partial charge in [0.05, 0.1) is 12.1 Å². The quantitative estimate of drug-likeness (QED) is 0.752. The van der Waals surface area contributed by atoms with Crippen molar-refractivity contribution in [1.29, 1.82) is 0 Å². The number of rotatable bonds is 4. The van der Waals surface area contributed by atoms with Crippen molar-refractivity contribution in [3.8, 4) is 0 Å². The second kappa shape index (κ2) is 5.85. The summed E-state index contributed by atoms with van der Waals surface area (Å²) >= 11 is 0. The molecule has 3 nitrogen and oxygen atoms in total. The molecule has 17 heavy (non-hydrogen) atoms. The fourth-order valence-electron chi connectivity index (χ4n) is 2.79. The van der Waals surface area contributed by atoms with E-state index >= 15 is 0 Å². The normalized spacial score (nSPS) is 28.0. The van der Waals surface area contributed by atoms with Crippen LogP contribution in [0.3, 0.4) is 0 Å². The Bertz CT molecular complexity index is 269. The Balaban J connectivity index is 1.88. The van der Waals surface area contributed by atoms with E-state index in [1.807, 2.05) is 0 Å².